The highest BCUT2D eigenvalue weighted by atomic mass is 35.5. The van der Waals surface area contributed by atoms with E-state index in [1.807, 2.05) is 24.3 Å². The summed E-state index contributed by atoms with van der Waals surface area (Å²) in [7, 11) is 1.68. The van der Waals surface area contributed by atoms with Crippen molar-refractivity contribution in [2.24, 2.45) is 0 Å². The van der Waals surface area contributed by atoms with Crippen molar-refractivity contribution in [1.29, 1.82) is 0 Å². The van der Waals surface area contributed by atoms with E-state index in [0.29, 0.717) is 23.9 Å². The Morgan fingerprint density at radius 2 is 1.72 bits per heavy atom. The first-order valence-electron chi connectivity index (χ1n) is 7.90. The molecule has 0 saturated carbocycles. The molecule has 0 radical (unpaired) electrons. The predicted molar refractivity (Wildman–Crippen MR) is 99.5 cm³/mol. The van der Waals surface area contributed by atoms with E-state index in [1.54, 1.807) is 43.4 Å². The van der Waals surface area contributed by atoms with Gasteiger partial charge >= 0.3 is 0 Å². The maximum atomic E-state index is 12.6. The molecular formula is C20H18ClNO3. The van der Waals surface area contributed by atoms with Gasteiger partial charge in [0.1, 0.15) is 18.1 Å². The van der Waals surface area contributed by atoms with Gasteiger partial charge in [0.15, 0.2) is 0 Å². The molecule has 0 atom stereocenters. The number of aromatic hydroxyl groups is 1. The summed E-state index contributed by atoms with van der Waals surface area (Å²) in [5.74, 6) is 0.427. The zero-order valence-corrected chi connectivity index (χ0v) is 14.5. The van der Waals surface area contributed by atoms with E-state index in [1.165, 1.54) is 4.90 Å². The zero-order valence-electron chi connectivity index (χ0n) is 13.8. The van der Waals surface area contributed by atoms with Crippen LogP contribution < -0.4 is 4.74 Å². The predicted octanol–water partition coefficient (Wildman–Crippen LogP) is 4.35. The Hall–Kier alpha value is -2.72. The fourth-order valence-electron chi connectivity index (χ4n) is 2.54. The Kier molecular flexibility index (Phi) is 5.10. The van der Waals surface area contributed by atoms with Gasteiger partial charge in [-0.15, -0.1) is 0 Å². The maximum absolute atomic E-state index is 12.6. The molecule has 0 heterocycles. The average Bonchev–Trinajstić information content (AvgIpc) is 2.62. The Morgan fingerprint density at radius 1 is 1.08 bits per heavy atom. The molecule has 25 heavy (non-hydrogen) atoms. The third-order valence-corrected chi connectivity index (χ3v) is 4.20. The molecule has 0 unspecified atom stereocenters. The number of benzene rings is 3. The average molecular weight is 356 g/mol. The lowest BCUT2D eigenvalue weighted by molar-refractivity contribution is 0.0771. The van der Waals surface area contributed by atoms with Crippen LogP contribution >= 0.6 is 11.6 Å². The fourth-order valence-corrected chi connectivity index (χ4v) is 2.66. The van der Waals surface area contributed by atoms with Crippen molar-refractivity contribution in [3.8, 4) is 11.5 Å². The topological polar surface area (TPSA) is 49.8 Å². The minimum atomic E-state index is -0.247. The highest BCUT2D eigenvalue weighted by Gasteiger charge is 2.16. The maximum Gasteiger partial charge on any atom is 0.257 e. The number of ether oxygens (including phenoxy) is 1. The number of amides is 1. The van der Waals surface area contributed by atoms with Crippen molar-refractivity contribution in [1.82, 2.24) is 4.90 Å². The van der Waals surface area contributed by atoms with E-state index < -0.39 is 0 Å². The molecule has 0 bridgehead atoms. The van der Waals surface area contributed by atoms with Gasteiger partial charge in [-0.1, -0.05) is 35.9 Å². The van der Waals surface area contributed by atoms with Gasteiger partial charge in [-0.2, -0.15) is 0 Å². The minimum Gasteiger partial charge on any atom is -0.507 e. The van der Waals surface area contributed by atoms with Crippen LogP contribution in [-0.2, 0) is 0 Å². The molecule has 0 spiro atoms. The third-order valence-electron chi connectivity index (χ3n) is 3.95. The van der Waals surface area contributed by atoms with Crippen LogP contribution in [0.15, 0.2) is 60.7 Å². The summed E-state index contributed by atoms with van der Waals surface area (Å²) in [5, 5.41) is 12.6. The minimum absolute atomic E-state index is 0.0193. The lowest BCUT2D eigenvalue weighted by Gasteiger charge is -2.18. The summed E-state index contributed by atoms with van der Waals surface area (Å²) < 4.78 is 5.60. The molecule has 0 saturated heterocycles. The number of rotatable bonds is 5. The van der Waals surface area contributed by atoms with Gasteiger partial charge in [0.05, 0.1) is 12.1 Å². The van der Waals surface area contributed by atoms with Gasteiger partial charge in [-0.05, 0) is 47.2 Å². The zero-order chi connectivity index (χ0) is 17.8. The number of carbonyl (C=O) groups is 1. The molecule has 3 rings (SSSR count). The number of phenolic OH excluding ortho intramolecular Hbond substituents is 1. The van der Waals surface area contributed by atoms with Gasteiger partial charge in [0.25, 0.3) is 5.91 Å². The smallest absolute Gasteiger partial charge is 0.257 e. The molecule has 0 aliphatic heterocycles. The lowest BCUT2D eigenvalue weighted by Crippen LogP contribution is -2.30. The Morgan fingerprint density at radius 3 is 2.40 bits per heavy atom. The van der Waals surface area contributed by atoms with Gasteiger partial charge in [0.2, 0.25) is 0 Å². The van der Waals surface area contributed by atoms with Crippen LogP contribution in [0, 0.1) is 0 Å². The molecule has 128 valence electrons. The van der Waals surface area contributed by atoms with Gasteiger partial charge in [0, 0.05) is 12.1 Å². The standard InChI is InChI=1S/C20H18ClNO3/c1-22(10-11-25-17-8-6-16(21)7-9-17)20(24)18-12-14-4-2-3-5-15(14)13-19(18)23/h2-9,12-13,23H,10-11H2,1H3. The molecular weight excluding hydrogens is 338 g/mol. The van der Waals surface area contributed by atoms with E-state index in [2.05, 4.69) is 0 Å². The summed E-state index contributed by atoms with van der Waals surface area (Å²) in [4.78, 5) is 14.1. The Bertz CT molecular complexity index is 893. The van der Waals surface area contributed by atoms with Crippen LogP contribution in [0.25, 0.3) is 10.8 Å². The Balaban J connectivity index is 1.65. The second kappa shape index (κ2) is 7.45. The van der Waals surface area contributed by atoms with Crippen molar-refractivity contribution in [3.63, 3.8) is 0 Å². The number of fused-ring (bicyclic) bond motifs is 1. The summed E-state index contributed by atoms with van der Waals surface area (Å²) in [6.45, 7) is 0.742. The SMILES string of the molecule is CN(CCOc1ccc(Cl)cc1)C(=O)c1cc2ccccc2cc1O. The molecule has 1 N–H and O–H groups in total. The second-order valence-corrected chi connectivity index (χ2v) is 6.18. The number of phenols is 1. The molecule has 0 fully saturated rings. The van der Waals surface area contributed by atoms with Crippen LogP contribution in [0.4, 0.5) is 0 Å². The molecule has 0 aliphatic rings. The van der Waals surface area contributed by atoms with Crippen molar-refractivity contribution >= 4 is 28.3 Å². The normalized spacial score (nSPS) is 10.6. The first kappa shape index (κ1) is 17.1. The number of nitrogens with zero attached hydrogens (tertiary/aromatic N) is 1. The third kappa shape index (κ3) is 4.03. The van der Waals surface area contributed by atoms with Gasteiger partial charge < -0.3 is 14.7 Å². The molecule has 3 aromatic rings. The highest BCUT2D eigenvalue weighted by molar-refractivity contribution is 6.30. The largest absolute Gasteiger partial charge is 0.507 e. The number of hydrogen-bond acceptors (Lipinski definition) is 3. The summed E-state index contributed by atoms with van der Waals surface area (Å²) in [6.07, 6.45) is 0. The molecule has 4 nitrogen and oxygen atoms in total. The van der Waals surface area contributed by atoms with Gasteiger partial charge in [-0.25, -0.2) is 0 Å². The molecule has 0 aliphatic carbocycles. The van der Waals surface area contributed by atoms with Crippen LogP contribution in [0.2, 0.25) is 5.02 Å². The van der Waals surface area contributed by atoms with Crippen molar-refractivity contribution in [3.05, 3.63) is 71.2 Å². The summed E-state index contributed by atoms with van der Waals surface area (Å²) in [5.41, 5.74) is 0.285. The summed E-state index contributed by atoms with van der Waals surface area (Å²) >= 11 is 5.83. The lowest BCUT2D eigenvalue weighted by atomic mass is 10.1. The molecule has 3 aromatic carbocycles. The van der Waals surface area contributed by atoms with Crippen molar-refractivity contribution < 1.29 is 14.6 Å². The first-order chi connectivity index (χ1) is 12.0. The first-order valence-corrected chi connectivity index (χ1v) is 8.28. The number of halogens is 1. The second-order valence-electron chi connectivity index (χ2n) is 5.75. The van der Waals surface area contributed by atoms with Crippen LogP contribution in [0.3, 0.4) is 0 Å². The molecule has 5 heteroatoms. The molecule has 0 aromatic heterocycles. The van der Waals surface area contributed by atoms with Crippen LogP contribution in [-0.4, -0.2) is 36.1 Å². The van der Waals surface area contributed by atoms with E-state index in [0.717, 1.165) is 10.8 Å². The van der Waals surface area contributed by atoms with Gasteiger partial charge in [-0.3, -0.25) is 4.79 Å². The van der Waals surface area contributed by atoms with E-state index in [-0.39, 0.29) is 17.2 Å². The monoisotopic (exact) mass is 355 g/mol. The quantitative estimate of drug-likeness (QED) is 0.740. The number of likely N-dealkylation sites (N-methyl/N-ethyl adjacent to an activating group) is 1. The summed E-state index contributed by atoms with van der Waals surface area (Å²) in [6, 6.07) is 18.0. The van der Waals surface area contributed by atoms with E-state index in [4.69, 9.17) is 16.3 Å². The highest BCUT2D eigenvalue weighted by Crippen LogP contribution is 2.26. The number of carbonyl (C=O) groups excluding carboxylic acids is 1. The Labute approximate surface area is 151 Å². The van der Waals surface area contributed by atoms with Crippen molar-refractivity contribution in [2.45, 2.75) is 0 Å². The number of hydrogen-bond donors (Lipinski definition) is 1. The molecule has 1 amide bonds. The van der Waals surface area contributed by atoms with E-state index in [9.17, 15) is 9.90 Å². The van der Waals surface area contributed by atoms with Crippen LogP contribution in [0.1, 0.15) is 10.4 Å². The van der Waals surface area contributed by atoms with Crippen LogP contribution in [0.5, 0.6) is 11.5 Å². The fraction of sp³-hybridized carbons (Fsp3) is 0.150. The van der Waals surface area contributed by atoms with Crippen molar-refractivity contribution in [2.75, 3.05) is 20.2 Å². The van der Waals surface area contributed by atoms with E-state index >= 15 is 0 Å².